The monoisotopic (exact) mass is 560 g/mol. The van der Waals surface area contributed by atoms with E-state index in [0.717, 1.165) is 0 Å². The minimum absolute atomic E-state index is 0.0720. The van der Waals surface area contributed by atoms with Crippen molar-refractivity contribution in [1.82, 2.24) is 4.31 Å². The third kappa shape index (κ3) is 6.76. The van der Waals surface area contributed by atoms with Gasteiger partial charge in [0.25, 0.3) is 0 Å². The highest BCUT2D eigenvalue weighted by Crippen LogP contribution is 2.34. The van der Waals surface area contributed by atoms with Gasteiger partial charge in [0.05, 0.1) is 38.0 Å². The number of anilines is 1. The molecule has 0 atom stereocenters. The van der Waals surface area contributed by atoms with Crippen LogP contribution < -0.4 is 19.5 Å². The first-order valence-electron chi connectivity index (χ1n) is 12.0. The van der Waals surface area contributed by atoms with E-state index in [1.165, 1.54) is 17.5 Å². The van der Waals surface area contributed by atoms with Crippen molar-refractivity contribution < 1.29 is 32.2 Å². The summed E-state index contributed by atoms with van der Waals surface area (Å²) in [6, 6.07) is 16.7. The number of aryl methyl sites for hydroxylation is 1. The number of nitrogens with zero attached hydrogens (tertiary/aromatic N) is 1. The summed E-state index contributed by atoms with van der Waals surface area (Å²) in [6.45, 7) is 1.31. The number of rotatable bonds is 10. The number of ether oxygens (including phenoxy) is 4. The molecule has 11 heteroatoms. The lowest BCUT2D eigenvalue weighted by Crippen LogP contribution is -2.40. The maximum absolute atomic E-state index is 13.1. The third-order valence-electron chi connectivity index (χ3n) is 5.97. The Kier molecular flexibility index (Phi) is 9.11. The summed E-state index contributed by atoms with van der Waals surface area (Å²) < 4.78 is 49.5. The predicted octanol–water partition coefficient (Wildman–Crippen LogP) is 4.74. The fourth-order valence-corrected chi connectivity index (χ4v) is 5.62. The standard InChI is InChI=1S/C27H29ClN2O7S/c1-34-21-4-3-5-22(18-21)37-26-9-7-20(28)17-24(26)29-27(31)11-6-19-16-23(8-10-25(19)35-2)38(32,33)30-12-14-36-15-13-30/h3-5,7-10,16-18H,6,11-15H2,1-2H3,(H,29,31). The average molecular weight is 561 g/mol. The quantitative estimate of drug-likeness (QED) is 0.382. The number of methoxy groups -OCH3 is 2. The summed E-state index contributed by atoms with van der Waals surface area (Å²) in [5.74, 6) is 1.78. The number of amides is 1. The van der Waals surface area contributed by atoms with Gasteiger partial charge in [0.15, 0.2) is 5.75 Å². The Hall–Kier alpha value is -3.31. The molecule has 4 rings (SSSR count). The fourth-order valence-electron chi connectivity index (χ4n) is 3.99. The molecule has 38 heavy (non-hydrogen) atoms. The number of benzene rings is 3. The van der Waals surface area contributed by atoms with Crippen LogP contribution in [0.5, 0.6) is 23.0 Å². The van der Waals surface area contributed by atoms with Gasteiger partial charge in [-0.25, -0.2) is 8.42 Å². The largest absolute Gasteiger partial charge is 0.497 e. The predicted molar refractivity (Wildman–Crippen MR) is 144 cm³/mol. The molecule has 0 aliphatic carbocycles. The summed E-state index contributed by atoms with van der Waals surface area (Å²) >= 11 is 6.18. The van der Waals surface area contributed by atoms with Crippen LogP contribution >= 0.6 is 11.6 Å². The molecule has 3 aromatic rings. The first kappa shape index (κ1) is 27.7. The topological polar surface area (TPSA) is 103 Å². The second-order valence-corrected chi connectivity index (χ2v) is 10.8. The van der Waals surface area contributed by atoms with Gasteiger partial charge in [-0.2, -0.15) is 4.31 Å². The van der Waals surface area contributed by atoms with E-state index in [9.17, 15) is 13.2 Å². The van der Waals surface area contributed by atoms with Gasteiger partial charge in [0, 0.05) is 30.6 Å². The van der Waals surface area contributed by atoms with E-state index in [1.807, 2.05) is 0 Å². The third-order valence-corrected chi connectivity index (χ3v) is 8.10. The van der Waals surface area contributed by atoms with Crippen molar-refractivity contribution in [2.75, 3.05) is 45.8 Å². The molecule has 0 unspecified atom stereocenters. The molecule has 3 aromatic carbocycles. The Balaban J connectivity index is 1.48. The Morgan fingerprint density at radius 1 is 0.974 bits per heavy atom. The molecule has 0 radical (unpaired) electrons. The second-order valence-electron chi connectivity index (χ2n) is 8.46. The molecule has 1 aliphatic rings. The highest BCUT2D eigenvalue weighted by atomic mass is 35.5. The van der Waals surface area contributed by atoms with Crippen molar-refractivity contribution in [3.05, 3.63) is 71.2 Å². The van der Waals surface area contributed by atoms with Gasteiger partial charge in [0.1, 0.15) is 17.2 Å². The van der Waals surface area contributed by atoms with Gasteiger partial charge in [-0.15, -0.1) is 0 Å². The van der Waals surface area contributed by atoms with Crippen molar-refractivity contribution in [1.29, 1.82) is 0 Å². The normalized spacial score (nSPS) is 14.1. The van der Waals surface area contributed by atoms with E-state index in [0.29, 0.717) is 65.6 Å². The van der Waals surface area contributed by atoms with Crippen molar-refractivity contribution in [2.45, 2.75) is 17.7 Å². The van der Waals surface area contributed by atoms with Crippen molar-refractivity contribution in [3.63, 3.8) is 0 Å². The number of halogens is 1. The first-order chi connectivity index (χ1) is 18.3. The summed E-state index contributed by atoms with van der Waals surface area (Å²) in [5, 5.41) is 3.28. The number of hydrogen-bond donors (Lipinski definition) is 1. The molecule has 1 amide bonds. The molecule has 0 aromatic heterocycles. The smallest absolute Gasteiger partial charge is 0.243 e. The van der Waals surface area contributed by atoms with E-state index in [-0.39, 0.29) is 23.6 Å². The van der Waals surface area contributed by atoms with Gasteiger partial charge >= 0.3 is 0 Å². The molecule has 1 saturated heterocycles. The molecule has 0 bridgehead atoms. The lowest BCUT2D eigenvalue weighted by molar-refractivity contribution is -0.116. The summed E-state index contributed by atoms with van der Waals surface area (Å²) in [6.07, 6.45) is 0.330. The number of hydrogen-bond acceptors (Lipinski definition) is 7. The van der Waals surface area contributed by atoms with Crippen LogP contribution in [0.1, 0.15) is 12.0 Å². The lowest BCUT2D eigenvalue weighted by Gasteiger charge is -2.26. The summed E-state index contributed by atoms with van der Waals surface area (Å²) in [5.41, 5.74) is 1.01. The molecule has 9 nitrogen and oxygen atoms in total. The molecular weight excluding hydrogens is 532 g/mol. The highest BCUT2D eigenvalue weighted by Gasteiger charge is 2.27. The molecular formula is C27H29ClN2O7S. The molecule has 202 valence electrons. The maximum atomic E-state index is 13.1. The zero-order valence-corrected chi connectivity index (χ0v) is 22.7. The lowest BCUT2D eigenvalue weighted by atomic mass is 10.1. The van der Waals surface area contributed by atoms with Crippen molar-refractivity contribution >= 4 is 33.2 Å². The summed E-state index contributed by atoms with van der Waals surface area (Å²) in [4.78, 5) is 13.1. The average Bonchev–Trinajstić information content (AvgIpc) is 2.93. The van der Waals surface area contributed by atoms with Gasteiger partial charge in [-0.1, -0.05) is 17.7 Å². The molecule has 1 fully saturated rings. The fraction of sp³-hybridized carbons (Fsp3) is 0.296. The van der Waals surface area contributed by atoms with Crippen LogP contribution in [0.2, 0.25) is 5.02 Å². The Morgan fingerprint density at radius 3 is 2.45 bits per heavy atom. The maximum Gasteiger partial charge on any atom is 0.243 e. The van der Waals surface area contributed by atoms with Crippen molar-refractivity contribution in [2.24, 2.45) is 0 Å². The molecule has 1 N–H and O–H groups in total. The van der Waals surface area contributed by atoms with Crippen LogP contribution in [-0.4, -0.2) is 59.2 Å². The first-order valence-corrected chi connectivity index (χ1v) is 13.8. The Bertz CT molecular complexity index is 1390. The van der Waals surface area contributed by atoms with E-state index < -0.39 is 10.0 Å². The number of sulfonamides is 1. The zero-order chi connectivity index (χ0) is 27.1. The van der Waals surface area contributed by atoms with Gasteiger partial charge in [-0.3, -0.25) is 4.79 Å². The van der Waals surface area contributed by atoms with Crippen LogP contribution in [0.4, 0.5) is 5.69 Å². The van der Waals surface area contributed by atoms with Gasteiger partial charge < -0.3 is 24.3 Å². The van der Waals surface area contributed by atoms with Crippen LogP contribution in [0.15, 0.2) is 65.6 Å². The Labute approximate surface area is 227 Å². The van der Waals surface area contributed by atoms with E-state index in [2.05, 4.69) is 5.32 Å². The number of carbonyl (C=O) groups is 1. The second kappa shape index (κ2) is 12.5. The highest BCUT2D eigenvalue weighted by molar-refractivity contribution is 7.89. The van der Waals surface area contributed by atoms with Gasteiger partial charge in [-0.05, 0) is 60.5 Å². The molecule has 0 spiro atoms. The van der Waals surface area contributed by atoms with Gasteiger partial charge in [0.2, 0.25) is 15.9 Å². The minimum atomic E-state index is -3.68. The zero-order valence-electron chi connectivity index (χ0n) is 21.1. The number of carbonyl (C=O) groups excluding carboxylic acids is 1. The molecule has 1 aliphatic heterocycles. The molecule has 0 saturated carbocycles. The summed E-state index contributed by atoms with van der Waals surface area (Å²) in [7, 11) is -0.616. The van der Waals surface area contributed by atoms with Crippen LogP contribution in [0.3, 0.4) is 0 Å². The number of nitrogens with one attached hydrogen (secondary N) is 1. The van der Waals surface area contributed by atoms with Crippen LogP contribution in [-0.2, 0) is 26.0 Å². The van der Waals surface area contributed by atoms with E-state index in [4.69, 9.17) is 30.5 Å². The SMILES string of the molecule is COc1cccc(Oc2ccc(Cl)cc2NC(=O)CCc2cc(S(=O)(=O)N3CCOCC3)ccc2OC)c1. The van der Waals surface area contributed by atoms with Crippen LogP contribution in [0, 0.1) is 0 Å². The van der Waals surface area contributed by atoms with Crippen LogP contribution in [0.25, 0.3) is 0 Å². The van der Waals surface area contributed by atoms with Crippen molar-refractivity contribution in [3.8, 4) is 23.0 Å². The Morgan fingerprint density at radius 2 is 1.71 bits per heavy atom. The van der Waals surface area contributed by atoms with E-state index in [1.54, 1.807) is 61.7 Å². The molecule has 1 heterocycles. The number of morpholine rings is 1. The van der Waals surface area contributed by atoms with E-state index >= 15 is 0 Å². The minimum Gasteiger partial charge on any atom is -0.497 e.